The number of hydrogen-bond acceptors (Lipinski definition) is 6. The molecule has 0 aliphatic heterocycles. The highest BCUT2D eigenvalue weighted by Crippen LogP contribution is 2.23. The van der Waals surface area contributed by atoms with Crippen LogP contribution in [0.15, 0.2) is 29.9 Å². The molecule has 0 saturated heterocycles. The average Bonchev–Trinajstić information content (AvgIpc) is 3.07. The number of pyridine rings is 1. The normalized spacial score (nSPS) is 10.7. The van der Waals surface area contributed by atoms with Crippen molar-refractivity contribution in [3.8, 4) is 10.6 Å². The average molecular weight is 361 g/mol. The van der Waals surface area contributed by atoms with E-state index in [-0.39, 0.29) is 24.7 Å². The van der Waals surface area contributed by atoms with Crippen molar-refractivity contribution in [2.24, 2.45) is 5.92 Å². The van der Waals surface area contributed by atoms with Gasteiger partial charge in [0.2, 0.25) is 5.91 Å². The number of hydrogen-bond donors (Lipinski definition) is 0. The second-order valence-corrected chi connectivity index (χ2v) is 6.98. The van der Waals surface area contributed by atoms with E-state index < -0.39 is 0 Å². The van der Waals surface area contributed by atoms with Gasteiger partial charge in [0.15, 0.2) is 0 Å². The number of rotatable bonds is 8. The first-order valence-corrected chi connectivity index (χ1v) is 9.07. The van der Waals surface area contributed by atoms with Gasteiger partial charge in [0.1, 0.15) is 5.01 Å². The van der Waals surface area contributed by atoms with Gasteiger partial charge >= 0.3 is 5.97 Å². The molecule has 0 N–H and O–H groups in total. The lowest BCUT2D eigenvalue weighted by Gasteiger charge is -2.24. The largest absolute Gasteiger partial charge is 0.469 e. The van der Waals surface area contributed by atoms with E-state index in [1.807, 2.05) is 31.4 Å². The molecule has 1 amide bonds. The van der Waals surface area contributed by atoms with Crippen molar-refractivity contribution in [1.29, 1.82) is 0 Å². The smallest absolute Gasteiger partial charge is 0.307 e. The first-order valence-electron chi connectivity index (χ1n) is 8.19. The first kappa shape index (κ1) is 19.1. The fourth-order valence-corrected chi connectivity index (χ4v) is 3.17. The van der Waals surface area contributed by atoms with Crippen LogP contribution in [0.4, 0.5) is 0 Å². The van der Waals surface area contributed by atoms with Crippen molar-refractivity contribution < 1.29 is 14.3 Å². The molecular formula is C18H23N3O3S. The Morgan fingerprint density at radius 2 is 2.16 bits per heavy atom. The zero-order chi connectivity index (χ0) is 18.2. The minimum absolute atomic E-state index is 0.0272. The zero-order valence-electron chi connectivity index (χ0n) is 14.8. The topological polar surface area (TPSA) is 72.4 Å². The van der Waals surface area contributed by atoms with Gasteiger partial charge in [-0.15, -0.1) is 11.3 Å². The van der Waals surface area contributed by atoms with Crippen LogP contribution in [0.1, 0.15) is 26.0 Å². The molecule has 0 saturated carbocycles. The van der Waals surface area contributed by atoms with Crippen molar-refractivity contribution in [3.05, 3.63) is 35.6 Å². The van der Waals surface area contributed by atoms with Crippen LogP contribution >= 0.6 is 11.3 Å². The maximum Gasteiger partial charge on any atom is 0.307 e. The summed E-state index contributed by atoms with van der Waals surface area (Å²) in [6.07, 6.45) is 3.90. The van der Waals surface area contributed by atoms with Gasteiger partial charge in [0.25, 0.3) is 0 Å². The molecule has 2 aromatic heterocycles. The molecule has 0 aliphatic carbocycles. The number of carbonyl (C=O) groups is 2. The zero-order valence-corrected chi connectivity index (χ0v) is 15.6. The lowest BCUT2D eigenvalue weighted by atomic mass is 10.2. The third kappa shape index (κ3) is 5.94. The van der Waals surface area contributed by atoms with E-state index in [0.717, 1.165) is 16.3 Å². The highest BCUT2D eigenvalue weighted by molar-refractivity contribution is 7.13. The van der Waals surface area contributed by atoms with Gasteiger partial charge in [-0.05, 0) is 18.1 Å². The highest BCUT2D eigenvalue weighted by Gasteiger charge is 2.18. The summed E-state index contributed by atoms with van der Waals surface area (Å²) >= 11 is 1.50. The second-order valence-electron chi connectivity index (χ2n) is 6.12. The monoisotopic (exact) mass is 361 g/mol. The van der Waals surface area contributed by atoms with Crippen LogP contribution < -0.4 is 0 Å². The summed E-state index contributed by atoms with van der Waals surface area (Å²) in [5.41, 5.74) is 1.68. The molecule has 0 bridgehead atoms. The Morgan fingerprint density at radius 1 is 1.36 bits per heavy atom. The molecule has 0 aliphatic rings. The fraction of sp³-hybridized carbons (Fsp3) is 0.444. The number of methoxy groups -OCH3 is 1. The Morgan fingerprint density at radius 3 is 2.80 bits per heavy atom. The first-order chi connectivity index (χ1) is 12.0. The van der Waals surface area contributed by atoms with Crippen molar-refractivity contribution in [1.82, 2.24) is 14.9 Å². The molecule has 0 atom stereocenters. The lowest BCUT2D eigenvalue weighted by molar-refractivity contribution is -0.141. The molecule has 2 aromatic rings. The number of aromatic nitrogens is 2. The van der Waals surface area contributed by atoms with Crippen LogP contribution in [0.3, 0.4) is 0 Å². The second kappa shape index (κ2) is 9.27. The summed E-state index contributed by atoms with van der Waals surface area (Å²) in [7, 11) is 1.35. The van der Waals surface area contributed by atoms with Gasteiger partial charge in [-0.3, -0.25) is 14.6 Å². The van der Waals surface area contributed by atoms with Crippen molar-refractivity contribution >= 4 is 23.2 Å². The Bertz CT molecular complexity index is 701. The summed E-state index contributed by atoms with van der Waals surface area (Å²) < 4.78 is 4.66. The minimum Gasteiger partial charge on any atom is -0.469 e. The van der Waals surface area contributed by atoms with Gasteiger partial charge in [-0.2, -0.15) is 0 Å². The van der Waals surface area contributed by atoms with E-state index in [9.17, 15) is 9.59 Å². The van der Waals surface area contributed by atoms with Crippen LogP contribution in [0.25, 0.3) is 10.6 Å². The Kier molecular flexibility index (Phi) is 7.06. The van der Waals surface area contributed by atoms with Gasteiger partial charge < -0.3 is 9.64 Å². The molecule has 0 radical (unpaired) electrons. The molecule has 2 heterocycles. The molecule has 0 aromatic carbocycles. The summed E-state index contributed by atoms with van der Waals surface area (Å²) in [6, 6.07) is 3.80. The number of ether oxygens (including phenoxy) is 1. The number of thiazole rings is 1. The summed E-state index contributed by atoms with van der Waals surface area (Å²) in [5, 5.41) is 2.74. The van der Waals surface area contributed by atoms with E-state index in [2.05, 4.69) is 14.7 Å². The van der Waals surface area contributed by atoms with Gasteiger partial charge in [0.05, 0.1) is 25.6 Å². The predicted molar refractivity (Wildman–Crippen MR) is 97.1 cm³/mol. The fourth-order valence-electron chi connectivity index (χ4n) is 2.36. The maximum absolute atomic E-state index is 12.6. The van der Waals surface area contributed by atoms with E-state index in [0.29, 0.717) is 19.0 Å². The molecule has 0 spiro atoms. The predicted octanol–water partition coefficient (Wildman–Crippen LogP) is 2.80. The standard InChI is InChI=1S/C18H23N3O3S/c1-13(2)11-21(8-6-17(23)24-3)16(22)9-15-12-25-18(20-15)14-5-4-7-19-10-14/h4-5,7,10,12-13H,6,8-9,11H2,1-3H3. The van der Waals surface area contributed by atoms with E-state index >= 15 is 0 Å². The SMILES string of the molecule is COC(=O)CCN(CC(C)C)C(=O)Cc1csc(-c2cccnc2)n1. The quantitative estimate of drug-likeness (QED) is 0.676. The lowest BCUT2D eigenvalue weighted by Crippen LogP contribution is -2.37. The number of esters is 1. The molecular weight excluding hydrogens is 338 g/mol. The van der Waals surface area contributed by atoms with E-state index in [4.69, 9.17) is 0 Å². The number of amides is 1. The van der Waals surface area contributed by atoms with Crippen molar-refractivity contribution in [3.63, 3.8) is 0 Å². The van der Waals surface area contributed by atoms with E-state index in [1.54, 1.807) is 17.3 Å². The Hall–Kier alpha value is -2.28. The van der Waals surface area contributed by atoms with Gasteiger partial charge in [-0.1, -0.05) is 13.8 Å². The molecule has 6 nitrogen and oxygen atoms in total. The van der Waals surface area contributed by atoms with Crippen LogP contribution in [0, 0.1) is 5.92 Å². The highest BCUT2D eigenvalue weighted by atomic mass is 32.1. The third-order valence-corrected chi connectivity index (χ3v) is 4.48. The van der Waals surface area contributed by atoms with Gasteiger partial charge in [0, 0.05) is 36.4 Å². The molecule has 25 heavy (non-hydrogen) atoms. The van der Waals surface area contributed by atoms with Crippen molar-refractivity contribution in [2.75, 3.05) is 20.2 Å². The maximum atomic E-state index is 12.6. The molecule has 0 fully saturated rings. The Balaban J connectivity index is 2.02. The molecule has 0 unspecified atom stereocenters. The summed E-state index contributed by atoms with van der Waals surface area (Å²) in [5.74, 6) is -0.0160. The van der Waals surface area contributed by atoms with Crippen LogP contribution in [-0.4, -0.2) is 46.9 Å². The Labute approximate surface area is 151 Å². The van der Waals surface area contributed by atoms with Crippen LogP contribution in [0.2, 0.25) is 0 Å². The molecule has 2 rings (SSSR count). The number of nitrogens with zero attached hydrogens (tertiary/aromatic N) is 3. The minimum atomic E-state index is -0.311. The number of carbonyl (C=O) groups excluding carboxylic acids is 2. The summed E-state index contributed by atoms with van der Waals surface area (Å²) in [4.78, 5) is 34.3. The van der Waals surface area contributed by atoms with Crippen molar-refractivity contribution in [2.45, 2.75) is 26.7 Å². The molecule has 7 heteroatoms. The van der Waals surface area contributed by atoms with Crippen LogP contribution in [-0.2, 0) is 20.7 Å². The summed E-state index contributed by atoms with van der Waals surface area (Å²) in [6.45, 7) is 5.06. The van der Waals surface area contributed by atoms with Gasteiger partial charge in [-0.25, -0.2) is 4.98 Å². The van der Waals surface area contributed by atoms with Crippen LogP contribution in [0.5, 0.6) is 0 Å². The van der Waals surface area contributed by atoms with E-state index in [1.165, 1.54) is 18.4 Å². The molecule has 134 valence electrons. The third-order valence-electron chi connectivity index (χ3n) is 3.54.